The van der Waals surface area contributed by atoms with Crippen molar-refractivity contribution in [3.05, 3.63) is 12.7 Å². The molecule has 0 aliphatic rings. The van der Waals surface area contributed by atoms with Crippen LogP contribution in [0.5, 0.6) is 0 Å². The van der Waals surface area contributed by atoms with Gasteiger partial charge in [0.2, 0.25) is 0 Å². The van der Waals surface area contributed by atoms with Crippen LogP contribution in [0.4, 0.5) is 0 Å². The van der Waals surface area contributed by atoms with Gasteiger partial charge < -0.3 is 10.9 Å². The highest BCUT2D eigenvalue weighted by Gasteiger charge is 1.97. The normalized spacial score (nSPS) is 13.9. The summed E-state index contributed by atoms with van der Waals surface area (Å²) in [7, 11) is 0. The molecule has 0 radical (unpaired) electrons. The Labute approximate surface area is 54.1 Å². The number of hydrogen-bond donors (Lipinski definition) is 2. The van der Waals surface area contributed by atoms with Gasteiger partial charge in [0.25, 0.3) is 0 Å². The molecule has 0 aromatic carbocycles. The predicted molar refractivity (Wildman–Crippen MR) is 34.7 cm³/mol. The van der Waals surface area contributed by atoms with E-state index >= 15 is 0 Å². The molecule has 0 aliphatic carbocycles. The molecule has 0 aromatic rings. The largest absolute Gasteiger partial charge is 0.396 e. The van der Waals surface area contributed by atoms with Gasteiger partial charge in [-0.2, -0.15) is 5.11 Å². The number of rotatable bonds is 4. The molecule has 3 N–H and O–H groups in total. The fourth-order valence-electron chi connectivity index (χ4n) is 0.441. The van der Waals surface area contributed by atoms with Crippen molar-refractivity contribution >= 4 is 0 Å². The molecule has 4 nitrogen and oxygen atoms in total. The first-order valence-electron chi connectivity index (χ1n) is 2.68. The van der Waals surface area contributed by atoms with E-state index < -0.39 is 0 Å². The van der Waals surface area contributed by atoms with Gasteiger partial charge in [-0.25, -0.2) is 0 Å². The lowest BCUT2D eigenvalue weighted by molar-refractivity contribution is 0.282. The van der Waals surface area contributed by atoms with Crippen molar-refractivity contribution < 1.29 is 5.11 Å². The van der Waals surface area contributed by atoms with Crippen LogP contribution >= 0.6 is 0 Å². The number of aliphatic hydroxyl groups excluding tert-OH is 1. The summed E-state index contributed by atoms with van der Waals surface area (Å²) in [6.45, 7) is 3.56. The zero-order valence-electron chi connectivity index (χ0n) is 5.20. The summed E-state index contributed by atoms with van der Waals surface area (Å²) in [5, 5.41) is 15.0. The summed E-state index contributed by atoms with van der Waals surface area (Å²) in [5.41, 5.74) is 0. The van der Waals surface area contributed by atoms with Crippen LogP contribution in [-0.4, -0.2) is 17.8 Å². The van der Waals surface area contributed by atoms with E-state index in [-0.39, 0.29) is 12.6 Å². The molecule has 0 bridgehead atoms. The highest BCUT2D eigenvalue weighted by Crippen LogP contribution is 1.96. The first-order chi connectivity index (χ1) is 4.35. The number of nitrogens with zero attached hydrogens (tertiary/aromatic N) is 2. The minimum Gasteiger partial charge on any atom is -0.396 e. The first kappa shape index (κ1) is 8.10. The number of aliphatic hydroxyl groups is 1. The van der Waals surface area contributed by atoms with Crippen molar-refractivity contribution in [1.82, 2.24) is 0 Å². The molecule has 1 unspecified atom stereocenters. The fourth-order valence-corrected chi connectivity index (χ4v) is 0.441. The van der Waals surface area contributed by atoms with E-state index in [1.165, 1.54) is 0 Å². The maximum Gasteiger partial charge on any atom is 0.0929 e. The molecule has 0 saturated carbocycles. The monoisotopic (exact) mass is 129 g/mol. The van der Waals surface area contributed by atoms with Gasteiger partial charge in [-0.15, -0.1) is 6.58 Å². The smallest absolute Gasteiger partial charge is 0.0929 e. The van der Waals surface area contributed by atoms with Gasteiger partial charge in [0.1, 0.15) is 0 Å². The summed E-state index contributed by atoms with van der Waals surface area (Å²) in [4.78, 5) is 0. The van der Waals surface area contributed by atoms with Gasteiger partial charge in [-0.1, -0.05) is 11.3 Å². The SMILES string of the molecule is C=CC(CCO)N=NN. The molecule has 4 heteroatoms. The quantitative estimate of drug-likeness (QED) is 0.247. The van der Waals surface area contributed by atoms with Crippen LogP contribution in [0.3, 0.4) is 0 Å². The molecule has 0 saturated heterocycles. The average Bonchev–Trinajstić information content (AvgIpc) is 1.88. The van der Waals surface area contributed by atoms with Crippen LogP contribution in [0, 0.1) is 0 Å². The number of hydrogen-bond acceptors (Lipinski definition) is 3. The van der Waals surface area contributed by atoms with E-state index in [4.69, 9.17) is 10.9 Å². The van der Waals surface area contributed by atoms with Crippen LogP contribution in [0.15, 0.2) is 23.0 Å². The zero-order chi connectivity index (χ0) is 7.11. The van der Waals surface area contributed by atoms with Gasteiger partial charge in [-0.05, 0) is 6.42 Å². The minimum atomic E-state index is -0.139. The lowest BCUT2D eigenvalue weighted by Crippen LogP contribution is -2.02. The average molecular weight is 129 g/mol. The van der Waals surface area contributed by atoms with E-state index in [2.05, 4.69) is 16.9 Å². The highest BCUT2D eigenvalue weighted by atomic mass is 16.3. The van der Waals surface area contributed by atoms with E-state index in [0.717, 1.165) is 0 Å². The Morgan fingerprint density at radius 3 is 2.78 bits per heavy atom. The standard InChI is InChI=1S/C5H11N3O/c1-2-5(3-4-9)7-8-6/h2,5,9H,1,3-4H2,(H2,6,7). The second kappa shape index (κ2) is 5.24. The molecule has 0 spiro atoms. The Morgan fingerprint density at radius 1 is 1.78 bits per heavy atom. The highest BCUT2D eigenvalue weighted by molar-refractivity contribution is 4.83. The Kier molecular flexibility index (Phi) is 4.72. The van der Waals surface area contributed by atoms with Gasteiger partial charge in [0, 0.05) is 6.61 Å². The van der Waals surface area contributed by atoms with E-state index in [1.54, 1.807) is 6.08 Å². The summed E-state index contributed by atoms with van der Waals surface area (Å²) < 4.78 is 0. The molecule has 52 valence electrons. The molecule has 0 aliphatic heterocycles. The van der Waals surface area contributed by atoms with Crippen molar-refractivity contribution in [1.29, 1.82) is 0 Å². The van der Waals surface area contributed by atoms with Crippen molar-refractivity contribution in [2.75, 3.05) is 6.61 Å². The molecule has 0 aromatic heterocycles. The lowest BCUT2D eigenvalue weighted by atomic mass is 10.2. The maximum absolute atomic E-state index is 8.40. The van der Waals surface area contributed by atoms with Crippen molar-refractivity contribution in [3.8, 4) is 0 Å². The van der Waals surface area contributed by atoms with Crippen LogP contribution in [-0.2, 0) is 0 Å². The van der Waals surface area contributed by atoms with Crippen molar-refractivity contribution in [3.63, 3.8) is 0 Å². The second-order valence-electron chi connectivity index (χ2n) is 1.55. The first-order valence-corrected chi connectivity index (χ1v) is 2.68. The van der Waals surface area contributed by atoms with Crippen LogP contribution in [0.2, 0.25) is 0 Å². The Balaban J connectivity index is 3.53. The van der Waals surface area contributed by atoms with Gasteiger partial charge in [-0.3, -0.25) is 0 Å². The fraction of sp³-hybridized carbons (Fsp3) is 0.600. The molecule has 9 heavy (non-hydrogen) atoms. The third-order valence-corrected chi connectivity index (χ3v) is 0.912. The van der Waals surface area contributed by atoms with Crippen LogP contribution in [0.25, 0.3) is 0 Å². The summed E-state index contributed by atoms with van der Waals surface area (Å²) in [6.07, 6.45) is 2.12. The van der Waals surface area contributed by atoms with E-state index in [1.807, 2.05) is 0 Å². The topological polar surface area (TPSA) is 71.0 Å². The third-order valence-electron chi connectivity index (χ3n) is 0.912. The van der Waals surface area contributed by atoms with Crippen LogP contribution in [0.1, 0.15) is 6.42 Å². The zero-order valence-corrected chi connectivity index (χ0v) is 5.20. The lowest BCUT2D eigenvalue weighted by Gasteiger charge is -1.99. The second-order valence-corrected chi connectivity index (χ2v) is 1.55. The summed E-state index contributed by atoms with van der Waals surface area (Å²) >= 11 is 0. The molecule has 0 fully saturated rings. The van der Waals surface area contributed by atoms with Crippen molar-refractivity contribution in [2.45, 2.75) is 12.5 Å². The summed E-state index contributed by atoms with van der Waals surface area (Å²) in [6, 6.07) is -0.139. The predicted octanol–water partition coefficient (Wildman–Crippen LogP) is 0.249. The minimum absolute atomic E-state index is 0.0791. The number of nitrogens with two attached hydrogens (primary N) is 1. The molecule has 0 heterocycles. The molecule has 0 rings (SSSR count). The van der Waals surface area contributed by atoms with Gasteiger partial charge in [0.05, 0.1) is 6.04 Å². The van der Waals surface area contributed by atoms with Gasteiger partial charge in [0.15, 0.2) is 0 Å². The Hall–Kier alpha value is -0.900. The molecular formula is C5H11N3O. The van der Waals surface area contributed by atoms with Crippen LogP contribution < -0.4 is 5.84 Å². The van der Waals surface area contributed by atoms with E-state index in [9.17, 15) is 0 Å². The molecule has 1 atom stereocenters. The van der Waals surface area contributed by atoms with Gasteiger partial charge >= 0.3 is 0 Å². The molecule has 0 amide bonds. The van der Waals surface area contributed by atoms with E-state index in [0.29, 0.717) is 6.42 Å². The Morgan fingerprint density at radius 2 is 2.44 bits per heavy atom. The molecular weight excluding hydrogens is 118 g/mol. The Bertz CT molecular complexity index is 102. The summed E-state index contributed by atoms with van der Waals surface area (Å²) in [5.74, 6) is 4.76. The maximum atomic E-state index is 8.40. The van der Waals surface area contributed by atoms with Crippen molar-refractivity contribution in [2.24, 2.45) is 16.2 Å². The third kappa shape index (κ3) is 3.66.